The molecule has 0 N–H and O–H groups in total. The van der Waals surface area contributed by atoms with Crippen molar-refractivity contribution >= 4 is 12.2 Å². The minimum atomic E-state index is 0.764. The standard InChI is InChI=1S/C14H14N2O2/c1-17-13-4-3-5-14(18-2)12(13)7-6-11-8-9-15-10-16-11/h3-10H,1-2H3. The van der Waals surface area contributed by atoms with Crippen LogP contribution in [0.15, 0.2) is 36.8 Å². The Kier molecular flexibility index (Phi) is 3.91. The fraction of sp³-hybridized carbons (Fsp3) is 0.143. The Morgan fingerprint density at radius 1 is 1.00 bits per heavy atom. The highest BCUT2D eigenvalue weighted by molar-refractivity contribution is 5.74. The Hall–Kier alpha value is -2.36. The first-order chi connectivity index (χ1) is 8.85. The van der Waals surface area contributed by atoms with Crippen LogP contribution in [0.3, 0.4) is 0 Å². The number of hydrogen-bond acceptors (Lipinski definition) is 4. The van der Waals surface area contributed by atoms with Crippen LogP contribution < -0.4 is 9.47 Å². The van der Waals surface area contributed by atoms with E-state index in [4.69, 9.17) is 9.47 Å². The zero-order chi connectivity index (χ0) is 12.8. The van der Waals surface area contributed by atoms with E-state index in [2.05, 4.69) is 9.97 Å². The summed E-state index contributed by atoms with van der Waals surface area (Å²) in [5.74, 6) is 1.53. The molecule has 0 spiro atoms. The largest absolute Gasteiger partial charge is 0.496 e. The molecule has 0 aliphatic heterocycles. The SMILES string of the molecule is COc1cccc(OC)c1C=Cc1ccncn1. The molecule has 0 saturated heterocycles. The molecule has 0 aliphatic carbocycles. The molecular weight excluding hydrogens is 228 g/mol. The van der Waals surface area contributed by atoms with Gasteiger partial charge in [0.1, 0.15) is 17.8 Å². The average molecular weight is 242 g/mol. The molecule has 1 aromatic heterocycles. The second kappa shape index (κ2) is 5.82. The highest BCUT2D eigenvalue weighted by atomic mass is 16.5. The van der Waals surface area contributed by atoms with Crippen LogP contribution >= 0.6 is 0 Å². The first-order valence-electron chi connectivity index (χ1n) is 5.50. The monoisotopic (exact) mass is 242 g/mol. The van der Waals surface area contributed by atoms with Gasteiger partial charge >= 0.3 is 0 Å². The van der Waals surface area contributed by atoms with E-state index in [0.29, 0.717) is 0 Å². The molecule has 1 heterocycles. The van der Waals surface area contributed by atoms with Crippen LogP contribution in [-0.4, -0.2) is 24.2 Å². The summed E-state index contributed by atoms with van der Waals surface area (Å²) in [5.41, 5.74) is 1.72. The van der Waals surface area contributed by atoms with E-state index in [-0.39, 0.29) is 0 Å². The van der Waals surface area contributed by atoms with E-state index in [0.717, 1.165) is 22.8 Å². The molecular formula is C14H14N2O2. The second-order valence-electron chi connectivity index (χ2n) is 3.54. The Morgan fingerprint density at radius 3 is 2.28 bits per heavy atom. The van der Waals surface area contributed by atoms with Gasteiger partial charge in [-0.2, -0.15) is 0 Å². The number of methoxy groups -OCH3 is 2. The highest BCUT2D eigenvalue weighted by Gasteiger charge is 2.05. The Morgan fingerprint density at radius 2 is 1.72 bits per heavy atom. The van der Waals surface area contributed by atoms with Gasteiger partial charge in [-0.25, -0.2) is 9.97 Å². The topological polar surface area (TPSA) is 44.2 Å². The van der Waals surface area contributed by atoms with Crippen LogP contribution in [0, 0.1) is 0 Å². The average Bonchev–Trinajstić information content (AvgIpc) is 2.45. The lowest BCUT2D eigenvalue weighted by molar-refractivity contribution is 0.392. The van der Waals surface area contributed by atoms with E-state index in [1.54, 1.807) is 20.4 Å². The Labute approximate surface area is 106 Å². The van der Waals surface area contributed by atoms with Crippen molar-refractivity contribution in [2.24, 2.45) is 0 Å². The lowest BCUT2D eigenvalue weighted by Gasteiger charge is -2.09. The van der Waals surface area contributed by atoms with Crippen molar-refractivity contribution < 1.29 is 9.47 Å². The smallest absolute Gasteiger partial charge is 0.129 e. The van der Waals surface area contributed by atoms with E-state index in [9.17, 15) is 0 Å². The summed E-state index contributed by atoms with van der Waals surface area (Å²) in [6.07, 6.45) is 7.02. The van der Waals surface area contributed by atoms with Crippen LogP contribution in [0.25, 0.3) is 12.2 Å². The van der Waals surface area contributed by atoms with Crippen molar-refractivity contribution in [1.82, 2.24) is 9.97 Å². The summed E-state index contributed by atoms with van der Waals surface area (Å²) in [4.78, 5) is 8.00. The lowest BCUT2D eigenvalue weighted by atomic mass is 10.1. The summed E-state index contributed by atoms with van der Waals surface area (Å²) in [6.45, 7) is 0. The van der Waals surface area contributed by atoms with E-state index in [1.165, 1.54) is 6.33 Å². The fourth-order valence-corrected chi connectivity index (χ4v) is 1.61. The number of nitrogens with zero attached hydrogens (tertiary/aromatic N) is 2. The molecule has 2 rings (SSSR count). The number of rotatable bonds is 4. The number of hydrogen-bond donors (Lipinski definition) is 0. The van der Waals surface area contributed by atoms with Crippen LogP contribution in [-0.2, 0) is 0 Å². The molecule has 0 fully saturated rings. The molecule has 0 saturated carbocycles. The van der Waals surface area contributed by atoms with Crippen LogP contribution in [0.1, 0.15) is 11.3 Å². The summed E-state index contributed by atoms with van der Waals surface area (Å²) in [6, 6.07) is 7.50. The maximum absolute atomic E-state index is 5.31. The molecule has 4 nitrogen and oxygen atoms in total. The zero-order valence-electron chi connectivity index (χ0n) is 10.3. The van der Waals surface area contributed by atoms with E-state index in [1.807, 2.05) is 36.4 Å². The Balaban J connectivity index is 2.36. The quantitative estimate of drug-likeness (QED) is 0.826. The third kappa shape index (κ3) is 2.66. The van der Waals surface area contributed by atoms with Gasteiger partial charge in [-0.1, -0.05) is 6.07 Å². The van der Waals surface area contributed by atoms with Crippen molar-refractivity contribution in [3.63, 3.8) is 0 Å². The lowest BCUT2D eigenvalue weighted by Crippen LogP contribution is -1.92. The fourth-order valence-electron chi connectivity index (χ4n) is 1.61. The maximum atomic E-state index is 5.31. The zero-order valence-corrected chi connectivity index (χ0v) is 10.3. The highest BCUT2D eigenvalue weighted by Crippen LogP contribution is 2.29. The van der Waals surface area contributed by atoms with Gasteiger partial charge in [0, 0.05) is 6.20 Å². The molecule has 2 aromatic rings. The number of aromatic nitrogens is 2. The minimum Gasteiger partial charge on any atom is -0.496 e. The van der Waals surface area contributed by atoms with Gasteiger partial charge in [0.25, 0.3) is 0 Å². The third-order valence-corrected chi connectivity index (χ3v) is 2.49. The molecule has 0 radical (unpaired) electrons. The summed E-state index contributed by atoms with van der Waals surface area (Å²) in [5, 5.41) is 0. The first-order valence-corrected chi connectivity index (χ1v) is 5.50. The second-order valence-corrected chi connectivity index (χ2v) is 3.54. The number of ether oxygens (including phenoxy) is 2. The van der Waals surface area contributed by atoms with Gasteiger partial charge in [0.05, 0.1) is 25.5 Å². The van der Waals surface area contributed by atoms with Gasteiger partial charge in [-0.05, 0) is 30.4 Å². The van der Waals surface area contributed by atoms with Crippen LogP contribution in [0.5, 0.6) is 11.5 Å². The molecule has 4 heteroatoms. The molecule has 1 aromatic carbocycles. The molecule has 92 valence electrons. The predicted molar refractivity (Wildman–Crippen MR) is 70.5 cm³/mol. The van der Waals surface area contributed by atoms with Gasteiger partial charge in [0.15, 0.2) is 0 Å². The van der Waals surface area contributed by atoms with Crippen LogP contribution in [0.2, 0.25) is 0 Å². The molecule has 0 unspecified atom stereocenters. The van der Waals surface area contributed by atoms with Crippen molar-refractivity contribution in [2.45, 2.75) is 0 Å². The molecule has 0 amide bonds. The maximum Gasteiger partial charge on any atom is 0.129 e. The number of benzene rings is 1. The van der Waals surface area contributed by atoms with Gasteiger partial charge in [-0.15, -0.1) is 0 Å². The van der Waals surface area contributed by atoms with Crippen molar-refractivity contribution in [3.05, 3.63) is 48.0 Å². The van der Waals surface area contributed by atoms with Crippen molar-refractivity contribution in [3.8, 4) is 11.5 Å². The molecule has 0 atom stereocenters. The van der Waals surface area contributed by atoms with Gasteiger partial charge in [-0.3, -0.25) is 0 Å². The summed E-state index contributed by atoms with van der Waals surface area (Å²) >= 11 is 0. The van der Waals surface area contributed by atoms with Gasteiger partial charge < -0.3 is 9.47 Å². The molecule has 18 heavy (non-hydrogen) atoms. The van der Waals surface area contributed by atoms with Crippen molar-refractivity contribution in [2.75, 3.05) is 14.2 Å². The predicted octanol–water partition coefficient (Wildman–Crippen LogP) is 2.66. The van der Waals surface area contributed by atoms with E-state index < -0.39 is 0 Å². The minimum absolute atomic E-state index is 0.764. The summed E-state index contributed by atoms with van der Waals surface area (Å²) in [7, 11) is 3.27. The van der Waals surface area contributed by atoms with Crippen molar-refractivity contribution in [1.29, 1.82) is 0 Å². The van der Waals surface area contributed by atoms with Gasteiger partial charge in [0.2, 0.25) is 0 Å². The summed E-state index contributed by atoms with van der Waals surface area (Å²) < 4.78 is 10.6. The third-order valence-electron chi connectivity index (χ3n) is 2.49. The first kappa shape index (κ1) is 12.1. The Bertz CT molecular complexity index is 516. The van der Waals surface area contributed by atoms with Crippen LogP contribution in [0.4, 0.5) is 0 Å². The molecule has 0 bridgehead atoms. The molecule has 0 aliphatic rings. The van der Waals surface area contributed by atoms with E-state index >= 15 is 0 Å². The normalized spacial score (nSPS) is 10.6.